The summed E-state index contributed by atoms with van der Waals surface area (Å²) >= 11 is 1.75. The summed E-state index contributed by atoms with van der Waals surface area (Å²) in [4.78, 5) is 11.2. The van der Waals surface area contributed by atoms with Crippen molar-refractivity contribution in [1.82, 2.24) is 15.3 Å². The van der Waals surface area contributed by atoms with Gasteiger partial charge in [-0.25, -0.2) is 14.4 Å². The zero-order chi connectivity index (χ0) is 19.2. The third kappa shape index (κ3) is 7.37. The van der Waals surface area contributed by atoms with Crippen LogP contribution < -0.4 is 10.6 Å². The summed E-state index contributed by atoms with van der Waals surface area (Å²) in [6.07, 6.45) is 3.65. The van der Waals surface area contributed by atoms with Crippen molar-refractivity contribution < 1.29 is 4.39 Å². The lowest BCUT2D eigenvalue weighted by Gasteiger charge is -2.14. The highest BCUT2D eigenvalue weighted by Crippen LogP contribution is 2.29. The van der Waals surface area contributed by atoms with Gasteiger partial charge in [0.2, 0.25) is 0 Å². The fraction of sp³-hybridized carbons (Fsp3) is 0.429. The van der Waals surface area contributed by atoms with Crippen LogP contribution in [-0.4, -0.2) is 23.1 Å². The number of anilines is 1. The minimum absolute atomic E-state index is 0. The zero-order valence-electron chi connectivity index (χ0n) is 16.9. The summed E-state index contributed by atoms with van der Waals surface area (Å²) in [5.41, 5.74) is 0.969. The quantitative estimate of drug-likeness (QED) is 0.384. The molecule has 2 aromatic heterocycles. The van der Waals surface area contributed by atoms with E-state index in [0.29, 0.717) is 5.92 Å². The number of nitrogens with one attached hydrogen (secondary N) is 2. The van der Waals surface area contributed by atoms with Gasteiger partial charge in [-0.05, 0) is 56.0 Å². The van der Waals surface area contributed by atoms with Gasteiger partial charge in [0.1, 0.15) is 22.8 Å². The first kappa shape index (κ1) is 25.6. The van der Waals surface area contributed by atoms with E-state index in [1.807, 2.05) is 6.07 Å². The maximum atomic E-state index is 13.3. The molecular weight excluding hydrogens is 430 g/mol. The number of thiophene rings is 1. The molecule has 2 heterocycles. The van der Waals surface area contributed by atoms with Crippen LogP contribution in [0.25, 0.3) is 10.2 Å². The van der Waals surface area contributed by atoms with E-state index >= 15 is 0 Å². The summed E-state index contributed by atoms with van der Waals surface area (Å²) in [6, 6.07) is 9.09. The topological polar surface area (TPSA) is 49.8 Å². The summed E-state index contributed by atoms with van der Waals surface area (Å²) in [5.74, 6) is 1.35. The molecule has 0 spiro atoms. The molecule has 0 bridgehead atoms. The molecule has 29 heavy (non-hydrogen) atoms. The fourth-order valence-electron chi connectivity index (χ4n) is 3.06. The van der Waals surface area contributed by atoms with Crippen molar-refractivity contribution in [3.05, 3.63) is 52.9 Å². The van der Waals surface area contributed by atoms with E-state index in [-0.39, 0.29) is 36.7 Å². The lowest BCUT2D eigenvalue weighted by Crippen LogP contribution is -2.22. The maximum absolute atomic E-state index is 13.3. The minimum Gasteiger partial charge on any atom is -0.369 e. The molecule has 1 unspecified atom stereocenters. The molecule has 3 aromatic rings. The van der Waals surface area contributed by atoms with Gasteiger partial charge in [-0.2, -0.15) is 0 Å². The molecule has 2 N–H and O–H groups in total. The van der Waals surface area contributed by atoms with Crippen molar-refractivity contribution in [2.75, 3.05) is 18.4 Å². The van der Waals surface area contributed by atoms with Crippen LogP contribution in [0, 0.1) is 11.7 Å². The standard InChI is InChI=1S/C21H27FN4S.2ClH/c1-14(2)10-18-12-19-20(25-13-26-21(19)27-18)24-9-5-8-23-15(3)16-6-4-7-17(22)11-16;;/h4,6-7,11-15,23H,5,8-10H2,1-3H3,(H,24,25,26);2*1H. The first-order chi connectivity index (χ1) is 13.0. The predicted octanol–water partition coefficient (Wildman–Crippen LogP) is 6.03. The van der Waals surface area contributed by atoms with Crippen LogP contribution in [0.15, 0.2) is 36.7 Å². The van der Waals surface area contributed by atoms with Crippen LogP contribution >= 0.6 is 36.2 Å². The van der Waals surface area contributed by atoms with Crippen LogP contribution in [-0.2, 0) is 6.42 Å². The second-order valence-electron chi connectivity index (χ2n) is 7.26. The van der Waals surface area contributed by atoms with Crippen molar-refractivity contribution in [2.45, 2.75) is 39.7 Å². The molecule has 0 fully saturated rings. The first-order valence-corrected chi connectivity index (χ1v) is 10.3. The Bertz CT molecular complexity index is 888. The number of benzene rings is 1. The lowest BCUT2D eigenvalue weighted by atomic mass is 10.1. The lowest BCUT2D eigenvalue weighted by molar-refractivity contribution is 0.557. The molecule has 0 saturated carbocycles. The Balaban J connectivity index is 0.00000210. The largest absolute Gasteiger partial charge is 0.369 e. The first-order valence-electron chi connectivity index (χ1n) is 9.49. The van der Waals surface area contributed by atoms with Crippen molar-refractivity contribution in [3.63, 3.8) is 0 Å². The highest BCUT2D eigenvalue weighted by molar-refractivity contribution is 7.18. The third-order valence-corrected chi connectivity index (χ3v) is 5.50. The van der Waals surface area contributed by atoms with E-state index in [2.05, 4.69) is 47.4 Å². The molecule has 0 aliphatic rings. The number of rotatable bonds is 9. The van der Waals surface area contributed by atoms with E-state index in [4.69, 9.17) is 0 Å². The number of fused-ring (bicyclic) bond motifs is 1. The van der Waals surface area contributed by atoms with Gasteiger partial charge in [0.15, 0.2) is 0 Å². The van der Waals surface area contributed by atoms with Gasteiger partial charge >= 0.3 is 0 Å². The van der Waals surface area contributed by atoms with Crippen molar-refractivity contribution in [3.8, 4) is 0 Å². The number of hydrogen-bond donors (Lipinski definition) is 2. The number of halogens is 3. The van der Waals surface area contributed by atoms with Gasteiger partial charge in [0.05, 0.1) is 5.39 Å². The van der Waals surface area contributed by atoms with E-state index in [9.17, 15) is 4.39 Å². The predicted molar refractivity (Wildman–Crippen MR) is 126 cm³/mol. The Morgan fingerprint density at radius 2 is 1.86 bits per heavy atom. The van der Waals surface area contributed by atoms with E-state index in [1.54, 1.807) is 29.8 Å². The molecule has 8 heteroatoms. The summed E-state index contributed by atoms with van der Waals surface area (Å²) in [7, 11) is 0. The second-order valence-corrected chi connectivity index (χ2v) is 8.38. The van der Waals surface area contributed by atoms with Crippen LogP contribution in [0.2, 0.25) is 0 Å². The van der Waals surface area contributed by atoms with Crippen molar-refractivity contribution >= 4 is 52.2 Å². The molecule has 1 aromatic carbocycles. The monoisotopic (exact) mass is 458 g/mol. The minimum atomic E-state index is -0.191. The Hall–Kier alpha value is -1.47. The molecule has 4 nitrogen and oxygen atoms in total. The van der Waals surface area contributed by atoms with Gasteiger partial charge in [0, 0.05) is 17.5 Å². The zero-order valence-corrected chi connectivity index (χ0v) is 19.4. The molecular formula is C21H29Cl2FN4S. The van der Waals surface area contributed by atoms with E-state index < -0.39 is 0 Å². The van der Waals surface area contributed by atoms with E-state index in [0.717, 1.165) is 47.5 Å². The van der Waals surface area contributed by atoms with Crippen LogP contribution in [0.3, 0.4) is 0 Å². The van der Waals surface area contributed by atoms with Gasteiger partial charge in [-0.3, -0.25) is 0 Å². The highest BCUT2D eigenvalue weighted by atomic mass is 35.5. The van der Waals surface area contributed by atoms with Gasteiger partial charge in [0.25, 0.3) is 0 Å². The third-order valence-electron chi connectivity index (χ3n) is 4.44. The second kappa shape index (κ2) is 12.3. The van der Waals surface area contributed by atoms with Gasteiger partial charge in [-0.1, -0.05) is 26.0 Å². The molecule has 3 rings (SSSR count). The number of nitrogens with zero attached hydrogens (tertiary/aromatic N) is 2. The van der Waals surface area contributed by atoms with Crippen LogP contribution in [0.5, 0.6) is 0 Å². The number of hydrogen-bond acceptors (Lipinski definition) is 5. The van der Waals surface area contributed by atoms with Crippen molar-refractivity contribution in [2.24, 2.45) is 5.92 Å². The Kier molecular flexibility index (Phi) is 10.8. The summed E-state index contributed by atoms with van der Waals surface area (Å²) < 4.78 is 13.3. The molecule has 1 atom stereocenters. The van der Waals surface area contributed by atoms with Gasteiger partial charge < -0.3 is 10.6 Å². The molecule has 0 radical (unpaired) electrons. The average Bonchev–Trinajstić information content (AvgIpc) is 3.03. The van der Waals surface area contributed by atoms with E-state index in [1.165, 1.54) is 10.9 Å². The molecule has 0 saturated heterocycles. The van der Waals surface area contributed by atoms with Crippen LogP contribution in [0.4, 0.5) is 10.2 Å². The van der Waals surface area contributed by atoms with Gasteiger partial charge in [-0.15, -0.1) is 36.2 Å². The van der Waals surface area contributed by atoms with Crippen LogP contribution in [0.1, 0.15) is 43.7 Å². The smallest absolute Gasteiger partial charge is 0.138 e. The normalized spacial score (nSPS) is 11.8. The molecule has 0 amide bonds. The molecule has 160 valence electrons. The maximum Gasteiger partial charge on any atom is 0.138 e. The molecule has 0 aliphatic heterocycles. The highest BCUT2D eigenvalue weighted by Gasteiger charge is 2.10. The Labute approximate surface area is 188 Å². The van der Waals surface area contributed by atoms with Crippen molar-refractivity contribution in [1.29, 1.82) is 0 Å². The summed E-state index contributed by atoms with van der Waals surface area (Å²) in [6.45, 7) is 8.18. The summed E-state index contributed by atoms with van der Waals surface area (Å²) in [5, 5.41) is 7.98. The average molecular weight is 459 g/mol. The SMILES string of the molecule is CC(C)Cc1cc2c(NCCCNC(C)c3cccc(F)c3)ncnc2s1.Cl.Cl. The Morgan fingerprint density at radius 3 is 2.59 bits per heavy atom. The number of aromatic nitrogens is 2. The fourth-order valence-corrected chi connectivity index (χ4v) is 4.26. The molecule has 0 aliphatic carbocycles. The Morgan fingerprint density at radius 1 is 1.07 bits per heavy atom.